The number of hydrogen-bond donors (Lipinski definition) is 1. The Morgan fingerprint density at radius 3 is 2.15 bits per heavy atom. The Kier molecular flexibility index (Phi) is 6.10. The van der Waals surface area contributed by atoms with E-state index in [0.29, 0.717) is 27.6 Å². The number of hydrogen-bond acceptors (Lipinski definition) is 3. The summed E-state index contributed by atoms with van der Waals surface area (Å²) in [5, 5.41) is 3.46. The van der Waals surface area contributed by atoms with E-state index in [1.54, 1.807) is 42.5 Å². The van der Waals surface area contributed by atoms with Crippen molar-refractivity contribution in [2.45, 2.75) is 4.90 Å². The minimum atomic E-state index is -0.182. The van der Waals surface area contributed by atoms with Crippen LogP contribution in [0.15, 0.2) is 83.8 Å². The molecule has 0 unspecified atom stereocenters. The molecule has 0 heterocycles. The van der Waals surface area contributed by atoms with Crippen molar-refractivity contribution in [3.05, 3.63) is 95.0 Å². The third-order valence-corrected chi connectivity index (χ3v) is 5.21. The van der Waals surface area contributed by atoms with Gasteiger partial charge in [0.25, 0.3) is 5.91 Å². The molecular weight excluding hydrogens is 366 g/mol. The molecule has 0 aliphatic heterocycles. The highest BCUT2D eigenvalue weighted by atomic mass is 35.5. The third kappa shape index (κ3) is 4.75. The van der Waals surface area contributed by atoms with Gasteiger partial charge in [0.1, 0.15) is 0 Å². The Morgan fingerprint density at radius 1 is 0.808 bits per heavy atom. The van der Waals surface area contributed by atoms with Crippen molar-refractivity contribution in [1.82, 2.24) is 0 Å². The first kappa shape index (κ1) is 18.2. The average Bonchev–Trinajstić information content (AvgIpc) is 2.68. The van der Waals surface area contributed by atoms with Crippen LogP contribution in [-0.2, 0) is 0 Å². The standard InChI is InChI=1S/C21H16ClNO2S/c22-18-8-4-5-9-20(18)26-14-19(24)15-10-12-17(13-11-15)23-21(25)16-6-2-1-3-7-16/h1-13H,14H2,(H,23,25). The molecule has 0 aromatic heterocycles. The number of Topliss-reactive ketones (excluding diaryl/α,β-unsaturated/α-hetero) is 1. The molecule has 0 saturated heterocycles. The number of anilines is 1. The van der Waals surface area contributed by atoms with E-state index < -0.39 is 0 Å². The van der Waals surface area contributed by atoms with Gasteiger partial charge in [0, 0.05) is 21.7 Å². The van der Waals surface area contributed by atoms with Crippen LogP contribution in [-0.4, -0.2) is 17.4 Å². The summed E-state index contributed by atoms with van der Waals surface area (Å²) < 4.78 is 0. The summed E-state index contributed by atoms with van der Waals surface area (Å²) in [5.74, 6) is 0.134. The number of rotatable bonds is 6. The van der Waals surface area contributed by atoms with Crippen molar-refractivity contribution in [3.8, 4) is 0 Å². The van der Waals surface area contributed by atoms with E-state index in [4.69, 9.17) is 11.6 Å². The quantitative estimate of drug-likeness (QED) is 0.448. The second-order valence-corrected chi connectivity index (χ2v) is 6.96. The van der Waals surface area contributed by atoms with Crippen LogP contribution in [0.25, 0.3) is 0 Å². The SMILES string of the molecule is O=C(CSc1ccccc1Cl)c1ccc(NC(=O)c2ccccc2)cc1. The Balaban J connectivity index is 1.59. The van der Waals surface area contributed by atoms with E-state index in [-0.39, 0.29) is 11.7 Å². The van der Waals surface area contributed by atoms with Crippen LogP contribution in [0.4, 0.5) is 5.69 Å². The minimum Gasteiger partial charge on any atom is -0.322 e. The van der Waals surface area contributed by atoms with Crippen molar-refractivity contribution >= 4 is 40.7 Å². The second-order valence-electron chi connectivity index (χ2n) is 5.54. The van der Waals surface area contributed by atoms with Gasteiger partial charge in [-0.3, -0.25) is 9.59 Å². The lowest BCUT2D eigenvalue weighted by Gasteiger charge is -2.07. The summed E-state index contributed by atoms with van der Waals surface area (Å²) in [6.45, 7) is 0. The molecular formula is C21H16ClNO2S. The van der Waals surface area contributed by atoms with Crippen LogP contribution in [0.5, 0.6) is 0 Å². The lowest BCUT2D eigenvalue weighted by molar-refractivity contribution is 0.101. The summed E-state index contributed by atoms with van der Waals surface area (Å²) in [6.07, 6.45) is 0. The fourth-order valence-corrected chi connectivity index (χ4v) is 3.45. The summed E-state index contributed by atoms with van der Waals surface area (Å²) in [6, 6.07) is 23.3. The normalized spacial score (nSPS) is 10.3. The van der Waals surface area contributed by atoms with Crippen LogP contribution < -0.4 is 5.32 Å². The number of amides is 1. The second kappa shape index (κ2) is 8.70. The number of benzene rings is 3. The molecule has 0 fully saturated rings. The first-order chi connectivity index (χ1) is 12.6. The van der Waals surface area contributed by atoms with Gasteiger partial charge in [0.2, 0.25) is 0 Å². The molecule has 0 saturated carbocycles. The number of thioether (sulfide) groups is 1. The highest BCUT2D eigenvalue weighted by Gasteiger charge is 2.10. The van der Waals surface area contributed by atoms with E-state index in [1.165, 1.54) is 11.8 Å². The van der Waals surface area contributed by atoms with Gasteiger partial charge in [-0.05, 0) is 48.5 Å². The summed E-state index contributed by atoms with van der Waals surface area (Å²) >= 11 is 7.51. The van der Waals surface area contributed by atoms with Crippen LogP contribution >= 0.6 is 23.4 Å². The maximum absolute atomic E-state index is 12.3. The molecule has 1 N–H and O–H groups in total. The van der Waals surface area contributed by atoms with Crippen LogP contribution in [0, 0.1) is 0 Å². The van der Waals surface area contributed by atoms with Crippen molar-refractivity contribution in [3.63, 3.8) is 0 Å². The lowest BCUT2D eigenvalue weighted by atomic mass is 10.1. The molecule has 3 rings (SSSR count). The van der Waals surface area contributed by atoms with Gasteiger partial charge in [0.05, 0.1) is 10.8 Å². The van der Waals surface area contributed by atoms with Crippen LogP contribution in [0.3, 0.4) is 0 Å². The fraction of sp³-hybridized carbons (Fsp3) is 0.0476. The Morgan fingerprint density at radius 2 is 1.46 bits per heavy atom. The molecule has 0 bridgehead atoms. The van der Waals surface area contributed by atoms with Gasteiger partial charge in [-0.25, -0.2) is 0 Å². The maximum Gasteiger partial charge on any atom is 0.255 e. The van der Waals surface area contributed by atoms with Crippen LogP contribution in [0.1, 0.15) is 20.7 Å². The average molecular weight is 382 g/mol. The summed E-state index contributed by atoms with van der Waals surface area (Å²) in [7, 11) is 0. The van der Waals surface area contributed by atoms with Crippen molar-refractivity contribution in [1.29, 1.82) is 0 Å². The predicted octanol–water partition coefficient (Wildman–Crippen LogP) is 5.57. The monoisotopic (exact) mass is 381 g/mol. The summed E-state index contributed by atoms with van der Waals surface area (Å²) in [4.78, 5) is 25.3. The molecule has 0 radical (unpaired) electrons. The Labute approximate surface area is 161 Å². The Bertz CT molecular complexity index is 911. The number of nitrogens with one attached hydrogen (secondary N) is 1. The van der Waals surface area contributed by atoms with Gasteiger partial charge in [0.15, 0.2) is 5.78 Å². The van der Waals surface area contributed by atoms with Gasteiger partial charge in [-0.2, -0.15) is 0 Å². The molecule has 3 aromatic rings. The van der Waals surface area contributed by atoms with E-state index in [9.17, 15) is 9.59 Å². The smallest absolute Gasteiger partial charge is 0.255 e. The van der Waals surface area contributed by atoms with Crippen LogP contribution in [0.2, 0.25) is 5.02 Å². The number of ketones is 1. The zero-order valence-corrected chi connectivity index (χ0v) is 15.4. The van der Waals surface area contributed by atoms with Gasteiger partial charge >= 0.3 is 0 Å². The summed E-state index contributed by atoms with van der Waals surface area (Å²) in [5.41, 5.74) is 1.83. The highest BCUT2D eigenvalue weighted by Crippen LogP contribution is 2.27. The third-order valence-electron chi connectivity index (χ3n) is 3.70. The molecule has 0 spiro atoms. The molecule has 0 aliphatic carbocycles. The zero-order chi connectivity index (χ0) is 18.4. The van der Waals surface area contributed by atoms with E-state index in [0.717, 1.165) is 4.90 Å². The molecule has 1 amide bonds. The first-order valence-electron chi connectivity index (χ1n) is 8.00. The fourth-order valence-electron chi connectivity index (χ4n) is 2.32. The number of carbonyl (C=O) groups excluding carboxylic acids is 2. The van der Waals surface area contributed by atoms with Gasteiger partial charge in [-0.1, -0.05) is 41.9 Å². The molecule has 5 heteroatoms. The Hall–Kier alpha value is -2.56. The highest BCUT2D eigenvalue weighted by molar-refractivity contribution is 8.00. The van der Waals surface area contributed by atoms with Crippen molar-refractivity contribution in [2.75, 3.05) is 11.1 Å². The number of halogens is 1. The zero-order valence-electron chi connectivity index (χ0n) is 13.8. The predicted molar refractivity (Wildman–Crippen MR) is 107 cm³/mol. The molecule has 0 atom stereocenters. The van der Waals surface area contributed by atoms with E-state index in [1.807, 2.05) is 36.4 Å². The number of carbonyl (C=O) groups is 2. The molecule has 3 nitrogen and oxygen atoms in total. The minimum absolute atomic E-state index is 0.0101. The van der Waals surface area contributed by atoms with Gasteiger partial charge in [-0.15, -0.1) is 11.8 Å². The molecule has 0 aliphatic rings. The van der Waals surface area contributed by atoms with Crippen molar-refractivity contribution in [2.24, 2.45) is 0 Å². The maximum atomic E-state index is 12.3. The van der Waals surface area contributed by atoms with Crippen molar-refractivity contribution < 1.29 is 9.59 Å². The molecule has 130 valence electrons. The van der Waals surface area contributed by atoms with Gasteiger partial charge < -0.3 is 5.32 Å². The largest absolute Gasteiger partial charge is 0.322 e. The topological polar surface area (TPSA) is 46.2 Å². The first-order valence-corrected chi connectivity index (χ1v) is 9.37. The van der Waals surface area contributed by atoms with E-state index in [2.05, 4.69) is 5.32 Å². The van der Waals surface area contributed by atoms with E-state index >= 15 is 0 Å². The molecule has 26 heavy (non-hydrogen) atoms. The lowest BCUT2D eigenvalue weighted by Crippen LogP contribution is -2.11. The molecule has 3 aromatic carbocycles.